The number of carbonyl (C=O) groups excluding carboxylic acids is 1. The molecule has 2 aromatic rings. The average molecular weight is 421 g/mol. The summed E-state index contributed by atoms with van der Waals surface area (Å²) < 4.78 is 46.1. The Kier molecular flexibility index (Phi) is 4.51. The molecular weight excluding hydrogens is 400 g/mol. The van der Waals surface area contributed by atoms with Crippen molar-refractivity contribution in [2.75, 3.05) is 43.2 Å². The van der Waals surface area contributed by atoms with Gasteiger partial charge in [0.1, 0.15) is 30.0 Å². The molecule has 9 nitrogen and oxygen atoms in total. The van der Waals surface area contributed by atoms with Gasteiger partial charge in [-0.1, -0.05) is 0 Å². The fourth-order valence-corrected chi connectivity index (χ4v) is 4.03. The van der Waals surface area contributed by atoms with Gasteiger partial charge in [-0.15, -0.1) is 0 Å². The largest absolute Gasteiger partial charge is 0.491 e. The van der Waals surface area contributed by atoms with Gasteiger partial charge < -0.3 is 34.7 Å². The molecule has 1 aromatic carbocycles. The van der Waals surface area contributed by atoms with Crippen molar-refractivity contribution in [3.63, 3.8) is 0 Å². The lowest BCUT2D eigenvalue weighted by Crippen LogP contribution is -2.62. The normalized spacial score (nSPS) is 21.6. The van der Waals surface area contributed by atoms with Crippen LogP contribution in [0.25, 0.3) is 11.4 Å². The Morgan fingerprint density at radius 1 is 1.40 bits per heavy atom. The SMILES string of the molecule is NC(=O)CNc1ccc2c(c1)OCCn1cc(N3C(C(F)F)COC34COC4)nc1-2. The van der Waals surface area contributed by atoms with Gasteiger partial charge in [0, 0.05) is 18.0 Å². The minimum Gasteiger partial charge on any atom is -0.491 e. The van der Waals surface area contributed by atoms with E-state index in [9.17, 15) is 13.6 Å². The standard InChI is InChI=1S/C19H21F2N5O4/c20-17(21)13-8-30-19(9-28-10-19)26(13)16-7-25-3-4-29-14-5-11(23-6-15(22)27)1-2-12(14)18(25)24-16/h1-2,5,7,13,17,23H,3-4,6,8-10H2,(H2,22,27). The average Bonchev–Trinajstić information content (AvgIpc) is 3.24. The zero-order valence-electron chi connectivity index (χ0n) is 16.0. The number of rotatable bonds is 5. The molecule has 11 heteroatoms. The number of amides is 1. The highest BCUT2D eigenvalue weighted by Gasteiger charge is 2.56. The molecule has 0 bridgehead atoms. The second kappa shape index (κ2) is 7.10. The number of ether oxygens (including phenoxy) is 3. The van der Waals surface area contributed by atoms with Gasteiger partial charge in [-0.2, -0.15) is 0 Å². The molecule has 4 heterocycles. The number of primary amides is 1. The first kappa shape index (κ1) is 19.1. The molecule has 5 rings (SSSR count). The van der Waals surface area contributed by atoms with Crippen LogP contribution in [0.5, 0.6) is 5.75 Å². The number of hydrogen-bond acceptors (Lipinski definition) is 7. The number of halogens is 2. The lowest BCUT2D eigenvalue weighted by atomic mass is 10.1. The van der Waals surface area contributed by atoms with Gasteiger partial charge >= 0.3 is 0 Å². The lowest BCUT2D eigenvalue weighted by molar-refractivity contribution is -0.182. The van der Waals surface area contributed by atoms with Gasteiger partial charge in [0.15, 0.2) is 5.72 Å². The highest BCUT2D eigenvalue weighted by atomic mass is 19.3. The summed E-state index contributed by atoms with van der Waals surface area (Å²) in [5, 5.41) is 2.93. The Hall–Kier alpha value is -2.92. The van der Waals surface area contributed by atoms with Crippen LogP contribution in [0.4, 0.5) is 20.3 Å². The summed E-state index contributed by atoms with van der Waals surface area (Å²) in [7, 11) is 0. The lowest BCUT2D eigenvalue weighted by Gasteiger charge is -2.44. The molecule has 3 N–H and O–H groups in total. The summed E-state index contributed by atoms with van der Waals surface area (Å²) in [6.45, 7) is 1.29. The van der Waals surface area contributed by atoms with E-state index < -0.39 is 24.1 Å². The predicted octanol–water partition coefficient (Wildman–Crippen LogP) is 1.04. The third-order valence-electron chi connectivity index (χ3n) is 5.53. The van der Waals surface area contributed by atoms with E-state index >= 15 is 0 Å². The third-order valence-corrected chi connectivity index (χ3v) is 5.53. The van der Waals surface area contributed by atoms with E-state index in [0.29, 0.717) is 36.2 Å². The summed E-state index contributed by atoms with van der Waals surface area (Å²) in [5.74, 6) is 1.17. The molecular formula is C19H21F2N5O4. The molecule has 3 aliphatic heterocycles. The monoisotopic (exact) mass is 421 g/mol. The van der Waals surface area contributed by atoms with Gasteiger partial charge in [-0.25, -0.2) is 13.8 Å². The van der Waals surface area contributed by atoms with Gasteiger partial charge in [0.05, 0.1) is 38.5 Å². The van der Waals surface area contributed by atoms with Gasteiger partial charge in [-0.05, 0) is 12.1 Å². The Balaban J connectivity index is 1.50. The number of carbonyl (C=O) groups is 1. The van der Waals surface area contributed by atoms with Crippen LogP contribution in [-0.4, -0.2) is 66.6 Å². The van der Waals surface area contributed by atoms with Crippen molar-refractivity contribution >= 4 is 17.4 Å². The van der Waals surface area contributed by atoms with E-state index in [-0.39, 0.29) is 26.4 Å². The summed E-state index contributed by atoms with van der Waals surface area (Å²) in [6, 6.07) is 4.30. The first-order valence-corrected chi connectivity index (χ1v) is 9.63. The van der Waals surface area contributed by atoms with Crippen LogP contribution >= 0.6 is 0 Å². The Morgan fingerprint density at radius 3 is 2.93 bits per heavy atom. The van der Waals surface area contributed by atoms with Crippen LogP contribution in [0.1, 0.15) is 0 Å². The molecule has 0 saturated carbocycles. The molecule has 3 aliphatic rings. The molecule has 30 heavy (non-hydrogen) atoms. The minimum atomic E-state index is -2.57. The molecule has 1 unspecified atom stereocenters. The highest BCUT2D eigenvalue weighted by molar-refractivity contribution is 5.79. The molecule has 1 spiro atoms. The van der Waals surface area contributed by atoms with E-state index in [4.69, 9.17) is 24.9 Å². The van der Waals surface area contributed by atoms with Crippen molar-refractivity contribution in [2.24, 2.45) is 5.73 Å². The van der Waals surface area contributed by atoms with Crippen LogP contribution in [0, 0.1) is 0 Å². The Labute approximate surface area is 170 Å². The summed E-state index contributed by atoms with van der Waals surface area (Å²) in [4.78, 5) is 17.3. The van der Waals surface area contributed by atoms with Crippen molar-refractivity contribution in [1.29, 1.82) is 0 Å². The number of anilines is 2. The molecule has 2 saturated heterocycles. The first-order valence-electron chi connectivity index (χ1n) is 9.63. The van der Waals surface area contributed by atoms with Crippen LogP contribution in [-0.2, 0) is 20.8 Å². The summed E-state index contributed by atoms with van der Waals surface area (Å²) >= 11 is 0. The van der Waals surface area contributed by atoms with Gasteiger partial charge in [0.25, 0.3) is 6.43 Å². The Morgan fingerprint density at radius 2 is 2.23 bits per heavy atom. The van der Waals surface area contributed by atoms with Crippen molar-refractivity contribution in [2.45, 2.75) is 24.7 Å². The van der Waals surface area contributed by atoms with Crippen LogP contribution in [0.2, 0.25) is 0 Å². The predicted molar refractivity (Wildman–Crippen MR) is 103 cm³/mol. The van der Waals surface area contributed by atoms with E-state index in [2.05, 4.69) is 5.32 Å². The van der Waals surface area contributed by atoms with E-state index in [0.717, 1.165) is 5.56 Å². The van der Waals surface area contributed by atoms with Crippen LogP contribution < -0.4 is 20.7 Å². The van der Waals surface area contributed by atoms with E-state index in [1.807, 2.05) is 10.6 Å². The van der Waals surface area contributed by atoms with Crippen molar-refractivity contribution in [3.8, 4) is 17.1 Å². The minimum absolute atomic E-state index is 0.00565. The number of nitrogens with two attached hydrogens (primary N) is 1. The summed E-state index contributed by atoms with van der Waals surface area (Å²) in [6.07, 6.45) is -0.807. The number of fused-ring (bicyclic) bond motifs is 3. The maximum atomic E-state index is 13.7. The zero-order valence-corrected chi connectivity index (χ0v) is 16.0. The molecule has 0 radical (unpaired) electrons. The van der Waals surface area contributed by atoms with Crippen LogP contribution in [0.3, 0.4) is 0 Å². The number of alkyl halides is 2. The number of imidazole rings is 1. The molecule has 160 valence electrons. The molecule has 1 amide bonds. The fraction of sp³-hybridized carbons (Fsp3) is 0.474. The third kappa shape index (κ3) is 3.05. The van der Waals surface area contributed by atoms with Crippen molar-refractivity contribution in [1.82, 2.24) is 9.55 Å². The molecule has 0 aliphatic carbocycles. The number of aromatic nitrogens is 2. The number of nitrogens with zero attached hydrogens (tertiary/aromatic N) is 3. The zero-order chi connectivity index (χ0) is 20.9. The molecule has 1 atom stereocenters. The number of nitrogens with one attached hydrogen (secondary N) is 1. The van der Waals surface area contributed by atoms with Gasteiger partial charge in [0.2, 0.25) is 5.91 Å². The smallest absolute Gasteiger partial charge is 0.261 e. The molecule has 1 aromatic heterocycles. The second-order valence-electron chi connectivity index (χ2n) is 7.52. The van der Waals surface area contributed by atoms with Crippen molar-refractivity contribution in [3.05, 3.63) is 24.4 Å². The van der Waals surface area contributed by atoms with Crippen LogP contribution in [0.15, 0.2) is 24.4 Å². The fourth-order valence-electron chi connectivity index (χ4n) is 4.03. The van der Waals surface area contributed by atoms with Crippen molar-refractivity contribution < 1.29 is 27.8 Å². The summed E-state index contributed by atoms with van der Waals surface area (Å²) in [5.41, 5.74) is 5.71. The maximum absolute atomic E-state index is 13.7. The topological polar surface area (TPSA) is 104 Å². The maximum Gasteiger partial charge on any atom is 0.261 e. The quantitative estimate of drug-likeness (QED) is 0.743. The number of hydrogen-bond donors (Lipinski definition) is 2. The first-order chi connectivity index (χ1) is 14.5. The number of benzene rings is 1. The second-order valence-corrected chi connectivity index (χ2v) is 7.52. The van der Waals surface area contributed by atoms with Gasteiger partial charge in [-0.3, -0.25) is 4.79 Å². The highest BCUT2D eigenvalue weighted by Crippen LogP contribution is 2.42. The Bertz CT molecular complexity index is 978. The molecule has 2 fully saturated rings. The van der Waals surface area contributed by atoms with E-state index in [1.54, 1.807) is 23.2 Å². The van der Waals surface area contributed by atoms with E-state index in [1.165, 1.54) is 0 Å².